The van der Waals surface area contributed by atoms with Crippen LogP contribution in [0.15, 0.2) is 27.7 Å². The number of rotatable bonds is 6. The Bertz CT molecular complexity index is 1240. The molecule has 150 valence electrons. The van der Waals surface area contributed by atoms with Crippen LogP contribution in [0.3, 0.4) is 0 Å². The highest BCUT2D eigenvalue weighted by Gasteiger charge is 2.15. The molecule has 0 unspecified atom stereocenters. The fourth-order valence-electron chi connectivity index (χ4n) is 3.05. The smallest absolute Gasteiger partial charge is 0.260 e. The molecule has 29 heavy (non-hydrogen) atoms. The van der Waals surface area contributed by atoms with E-state index in [2.05, 4.69) is 20.4 Å². The van der Waals surface area contributed by atoms with Crippen LogP contribution in [0.1, 0.15) is 17.2 Å². The van der Waals surface area contributed by atoms with Crippen molar-refractivity contribution in [3.8, 4) is 10.4 Å². The quantitative estimate of drug-likeness (QED) is 0.469. The number of aromatic nitrogens is 4. The summed E-state index contributed by atoms with van der Waals surface area (Å²) in [6, 6.07) is 3.97. The zero-order valence-corrected chi connectivity index (χ0v) is 18.6. The molecule has 7 nitrogen and oxygen atoms in total. The van der Waals surface area contributed by atoms with Gasteiger partial charge in [0.15, 0.2) is 0 Å². The van der Waals surface area contributed by atoms with Crippen molar-refractivity contribution in [3.05, 3.63) is 50.5 Å². The summed E-state index contributed by atoms with van der Waals surface area (Å²) in [5.74, 6) is 1.19. The van der Waals surface area contributed by atoms with Gasteiger partial charge >= 0.3 is 0 Å². The maximum Gasteiger partial charge on any atom is 0.260 e. The minimum absolute atomic E-state index is 0.103. The van der Waals surface area contributed by atoms with Crippen molar-refractivity contribution in [1.82, 2.24) is 19.7 Å². The van der Waals surface area contributed by atoms with E-state index in [9.17, 15) is 9.59 Å². The maximum absolute atomic E-state index is 12.6. The lowest BCUT2D eigenvalue weighted by molar-refractivity contribution is -0.113. The van der Waals surface area contributed by atoms with Gasteiger partial charge in [0.05, 0.1) is 34.0 Å². The Morgan fingerprint density at radius 3 is 2.86 bits per heavy atom. The number of thiophene rings is 2. The maximum atomic E-state index is 12.6. The Labute approximate surface area is 179 Å². The number of amides is 1. The number of thioether (sulfide) groups is 1. The molecule has 0 atom stereocenters. The molecule has 4 aromatic heterocycles. The number of H-pyrrole nitrogens is 1. The zero-order valence-electron chi connectivity index (χ0n) is 16.1. The van der Waals surface area contributed by atoms with Crippen LogP contribution >= 0.6 is 34.4 Å². The van der Waals surface area contributed by atoms with Gasteiger partial charge in [0.2, 0.25) is 5.91 Å². The van der Waals surface area contributed by atoms with Crippen LogP contribution in [0.5, 0.6) is 0 Å². The molecule has 0 radical (unpaired) electrons. The lowest BCUT2D eigenvalue weighted by Gasteiger charge is -2.06. The van der Waals surface area contributed by atoms with E-state index in [0.29, 0.717) is 17.0 Å². The molecule has 0 aliphatic heterocycles. The number of hydrogen-bond donors (Lipinski definition) is 2. The summed E-state index contributed by atoms with van der Waals surface area (Å²) >= 11 is 4.48. The molecule has 0 aliphatic carbocycles. The minimum Gasteiger partial charge on any atom is -0.322 e. The number of anilines is 1. The predicted octanol–water partition coefficient (Wildman–Crippen LogP) is 3.94. The summed E-state index contributed by atoms with van der Waals surface area (Å²) in [5.41, 5.74) is 3.25. The molecule has 0 saturated heterocycles. The van der Waals surface area contributed by atoms with Crippen LogP contribution in [0.25, 0.3) is 20.7 Å². The van der Waals surface area contributed by atoms with E-state index in [-0.39, 0.29) is 17.2 Å². The van der Waals surface area contributed by atoms with Crippen LogP contribution in [-0.2, 0) is 17.6 Å². The van der Waals surface area contributed by atoms with E-state index in [1.165, 1.54) is 23.1 Å². The number of fused-ring (bicyclic) bond motifs is 1. The fourth-order valence-corrected chi connectivity index (χ4v) is 5.52. The van der Waals surface area contributed by atoms with Gasteiger partial charge in [-0.25, -0.2) is 4.98 Å². The number of nitrogens with zero attached hydrogens (tertiary/aromatic N) is 3. The molecule has 0 bridgehead atoms. The molecule has 0 aliphatic rings. The van der Waals surface area contributed by atoms with Crippen molar-refractivity contribution in [2.75, 3.05) is 11.1 Å². The number of aromatic amines is 1. The standard InChI is InChI=1S/C19H19N5O2S3/c1-10-17(11(2)24(3)23-10)22-15(25)9-27-8-14-20-18(26)16-12(7-29-19(16)21-14)13-5-4-6-28-13/h4-7H,8-9H2,1-3H3,(H,22,25)(H,20,21,26). The van der Waals surface area contributed by atoms with Crippen molar-refractivity contribution in [2.24, 2.45) is 7.05 Å². The van der Waals surface area contributed by atoms with Gasteiger partial charge in [0.1, 0.15) is 10.7 Å². The Morgan fingerprint density at radius 2 is 2.17 bits per heavy atom. The number of aryl methyl sites for hydroxylation is 2. The van der Waals surface area contributed by atoms with Crippen LogP contribution in [0, 0.1) is 13.8 Å². The van der Waals surface area contributed by atoms with Crippen LogP contribution in [0.2, 0.25) is 0 Å². The van der Waals surface area contributed by atoms with Crippen molar-refractivity contribution < 1.29 is 4.79 Å². The second-order valence-corrected chi connectivity index (χ2v) is 9.32. The monoisotopic (exact) mass is 445 g/mol. The van der Waals surface area contributed by atoms with Crippen molar-refractivity contribution in [1.29, 1.82) is 0 Å². The zero-order chi connectivity index (χ0) is 20.5. The summed E-state index contributed by atoms with van der Waals surface area (Å²) in [7, 11) is 1.85. The third kappa shape index (κ3) is 4.00. The average Bonchev–Trinajstić information content (AvgIpc) is 3.39. The Hall–Kier alpha value is -2.43. The lowest BCUT2D eigenvalue weighted by atomic mass is 10.2. The highest BCUT2D eigenvalue weighted by molar-refractivity contribution is 7.99. The third-order valence-corrected chi connectivity index (χ3v) is 7.24. The van der Waals surface area contributed by atoms with Crippen LogP contribution in [-0.4, -0.2) is 31.4 Å². The molecule has 0 saturated carbocycles. The number of carbonyl (C=O) groups is 1. The number of nitrogens with one attached hydrogen (secondary N) is 2. The average molecular weight is 446 g/mol. The van der Waals surface area contributed by atoms with E-state index >= 15 is 0 Å². The molecule has 4 rings (SSSR count). The van der Waals surface area contributed by atoms with Crippen molar-refractivity contribution in [2.45, 2.75) is 19.6 Å². The number of carbonyl (C=O) groups excluding carboxylic acids is 1. The highest BCUT2D eigenvalue weighted by Crippen LogP contribution is 2.33. The SMILES string of the molecule is Cc1nn(C)c(C)c1NC(=O)CSCc1nc2scc(-c3cccs3)c2c(=O)[nH]1. The Morgan fingerprint density at radius 1 is 1.34 bits per heavy atom. The molecular formula is C19H19N5O2S3. The topological polar surface area (TPSA) is 92.7 Å². The molecular weight excluding hydrogens is 426 g/mol. The van der Waals surface area contributed by atoms with E-state index in [0.717, 1.165) is 32.3 Å². The molecule has 1 amide bonds. The van der Waals surface area contributed by atoms with Crippen molar-refractivity contribution in [3.63, 3.8) is 0 Å². The first kappa shape index (κ1) is 19.9. The minimum atomic E-state index is -0.138. The first-order valence-corrected chi connectivity index (χ1v) is 11.8. The molecule has 4 heterocycles. The van der Waals surface area contributed by atoms with E-state index in [1.54, 1.807) is 16.0 Å². The Kier molecular flexibility index (Phi) is 5.57. The molecule has 0 spiro atoms. The second kappa shape index (κ2) is 8.13. The summed E-state index contributed by atoms with van der Waals surface area (Å²) in [6.45, 7) is 3.78. The van der Waals surface area contributed by atoms with Gasteiger partial charge in [-0.1, -0.05) is 6.07 Å². The van der Waals surface area contributed by atoms with Gasteiger partial charge in [0.25, 0.3) is 5.56 Å². The van der Waals surface area contributed by atoms with Crippen LogP contribution < -0.4 is 10.9 Å². The van der Waals surface area contributed by atoms with E-state index in [1.807, 2.05) is 43.8 Å². The van der Waals surface area contributed by atoms with Gasteiger partial charge in [-0.15, -0.1) is 34.4 Å². The highest BCUT2D eigenvalue weighted by atomic mass is 32.2. The first-order chi connectivity index (χ1) is 13.9. The summed E-state index contributed by atoms with van der Waals surface area (Å²) in [5, 5.41) is 11.8. The van der Waals surface area contributed by atoms with Gasteiger partial charge in [-0.05, 0) is 25.3 Å². The van der Waals surface area contributed by atoms with Crippen molar-refractivity contribution >= 4 is 56.2 Å². The molecule has 2 N–H and O–H groups in total. The molecule has 0 aromatic carbocycles. The second-order valence-electron chi connectivity index (χ2n) is 6.53. The number of hydrogen-bond acceptors (Lipinski definition) is 7. The normalized spacial score (nSPS) is 11.3. The molecule has 0 fully saturated rings. The first-order valence-electron chi connectivity index (χ1n) is 8.86. The molecule has 10 heteroatoms. The lowest BCUT2D eigenvalue weighted by Crippen LogP contribution is -2.16. The van der Waals surface area contributed by atoms with E-state index in [4.69, 9.17) is 0 Å². The summed E-state index contributed by atoms with van der Waals surface area (Å²) < 4.78 is 1.74. The predicted molar refractivity (Wildman–Crippen MR) is 121 cm³/mol. The summed E-state index contributed by atoms with van der Waals surface area (Å²) in [4.78, 5) is 34.1. The van der Waals surface area contributed by atoms with Gasteiger partial charge in [-0.2, -0.15) is 5.10 Å². The van der Waals surface area contributed by atoms with Crippen LogP contribution in [0.4, 0.5) is 5.69 Å². The van der Waals surface area contributed by atoms with Gasteiger partial charge < -0.3 is 10.3 Å². The fraction of sp³-hybridized carbons (Fsp3) is 0.263. The largest absolute Gasteiger partial charge is 0.322 e. The van der Waals surface area contributed by atoms with Gasteiger partial charge in [-0.3, -0.25) is 14.3 Å². The Balaban J connectivity index is 1.42. The summed E-state index contributed by atoms with van der Waals surface area (Å²) in [6.07, 6.45) is 0. The molecule has 4 aromatic rings. The van der Waals surface area contributed by atoms with E-state index < -0.39 is 0 Å². The van der Waals surface area contributed by atoms with Gasteiger partial charge in [0, 0.05) is 22.9 Å². The third-order valence-electron chi connectivity index (χ3n) is 4.53.